The third-order valence-electron chi connectivity index (χ3n) is 4.15. The van der Waals surface area contributed by atoms with Gasteiger partial charge in [0.05, 0.1) is 12.6 Å². The number of hydrogen-bond acceptors (Lipinski definition) is 3. The molecule has 0 radical (unpaired) electrons. The van der Waals surface area contributed by atoms with E-state index in [0.29, 0.717) is 11.3 Å². The number of nitrogens with one attached hydrogen (secondary N) is 1. The lowest BCUT2D eigenvalue weighted by molar-refractivity contribution is -0.123. The van der Waals surface area contributed by atoms with Crippen LogP contribution in [0.3, 0.4) is 0 Å². The molecule has 0 aliphatic carbocycles. The summed E-state index contributed by atoms with van der Waals surface area (Å²) in [5, 5.41) is 14.5. The molecule has 1 unspecified atom stereocenters. The molecule has 4 nitrogen and oxygen atoms in total. The van der Waals surface area contributed by atoms with Crippen molar-refractivity contribution in [1.82, 2.24) is 5.32 Å². The topological polar surface area (TPSA) is 58.6 Å². The predicted octanol–water partition coefficient (Wildman–Crippen LogP) is 3.59. The Hall–Kier alpha value is -2.85. The summed E-state index contributed by atoms with van der Waals surface area (Å²) in [7, 11) is 0. The van der Waals surface area contributed by atoms with Gasteiger partial charge < -0.3 is 15.2 Å². The van der Waals surface area contributed by atoms with E-state index in [2.05, 4.69) is 29.6 Å². The highest BCUT2D eigenvalue weighted by molar-refractivity contribution is 5.83. The first-order valence-corrected chi connectivity index (χ1v) is 8.27. The summed E-state index contributed by atoms with van der Waals surface area (Å²) in [6.07, 6.45) is 0. The van der Waals surface area contributed by atoms with Gasteiger partial charge in [-0.1, -0.05) is 54.6 Å². The number of carbonyl (C=O) groups is 1. The first kappa shape index (κ1) is 17.0. The van der Waals surface area contributed by atoms with Gasteiger partial charge in [-0.3, -0.25) is 4.79 Å². The van der Waals surface area contributed by atoms with Gasteiger partial charge in [0.1, 0.15) is 5.75 Å². The minimum Gasteiger partial charge on any atom is -0.483 e. The van der Waals surface area contributed by atoms with E-state index in [1.807, 2.05) is 37.3 Å². The number of benzene rings is 3. The largest absolute Gasteiger partial charge is 0.483 e. The molecule has 0 spiro atoms. The maximum Gasteiger partial charge on any atom is 0.258 e. The molecular formula is C21H21NO3. The van der Waals surface area contributed by atoms with Gasteiger partial charge in [-0.15, -0.1) is 0 Å². The van der Waals surface area contributed by atoms with E-state index in [4.69, 9.17) is 4.74 Å². The van der Waals surface area contributed by atoms with Crippen molar-refractivity contribution in [3.63, 3.8) is 0 Å². The second-order valence-corrected chi connectivity index (χ2v) is 5.95. The van der Waals surface area contributed by atoms with E-state index in [0.717, 1.165) is 10.9 Å². The first-order valence-electron chi connectivity index (χ1n) is 8.27. The summed E-state index contributed by atoms with van der Waals surface area (Å²) in [5.74, 6) is 0.326. The summed E-state index contributed by atoms with van der Waals surface area (Å²) >= 11 is 0. The van der Waals surface area contributed by atoms with E-state index in [1.165, 1.54) is 5.39 Å². The maximum absolute atomic E-state index is 12.2. The van der Waals surface area contributed by atoms with Crippen LogP contribution in [0.1, 0.15) is 24.1 Å². The van der Waals surface area contributed by atoms with Crippen molar-refractivity contribution in [3.8, 4) is 5.75 Å². The fourth-order valence-electron chi connectivity index (χ4n) is 2.76. The molecule has 0 aromatic heterocycles. The van der Waals surface area contributed by atoms with Gasteiger partial charge >= 0.3 is 0 Å². The monoisotopic (exact) mass is 335 g/mol. The molecule has 0 aliphatic rings. The number of para-hydroxylation sites is 1. The van der Waals surface area contributed by atoms with Crippen LogP contribution in [-0.2, 0) is 11.4 Å². The molecule has 3 aromatic rings. The molecule has 25 heavy (non-hydrogen) atoms. The van der Waals surface area contributed by atoms with Gasteiger partial charge in [0, 0.05) is 5.56 Å². The van der Waals surface area contributed by atoms with Crippen LogP contribution >= 0.6 is 0 Å². The Morgan fingerprint density at radius 3 is 2.56 bits per heavy atom. The van der Waals surface area contributed by atoms with Gasteiger partial charge in [-0.25, -0.2) is 0 Å². The quantitative estimate of drug-likeness (QED) is 0.724. The van der Waals surface area contributed by atoms with Crippen LogP contribution in [0.4, 0.5) is 0 Å². The predicted molar refractivity (Wildman–Crippen MR) is 98.4 cm³/mol. The molecular weight excluding hydrogens is 314 g/mol. The zero-order valence-electron chi connectivity index (χ0n) is 14.1. The number of amides is 1. The smallest absolute Gasteiger partial charge is 0.258 e. The fraction of sp³-hybridized carbons (Fsp3) is 0.190. The van der Waals surface area contributed by atoms with Crippen molar-refractivity contribution >= 4 is 16.7 Å². The van der Waals surface area contributed by atoms with Crippen molar-refractivity contribution in [2.45, 2.75) is 19.6 Å². The number of rotatable bonds is 6. The molecule has 0 aliphatic heterocycles. The normalized spacial score (nSPS) is 11.9. The highest BCUT2D eigenvalue weighted by Crippen LogP contribution is 2.20. The summed E-state index contributed by atoms with van der Waals surface area (Å²) in [4.78, 5) is 12.2. The first-order chi connectivity index (χ1) is 12.2. The Kier molecular flexibility index (Phi) is 5.31. The summed E-state index contributed by atoms with van der Waals surface area (Å²) < 4.78 is 5.52. The van der Waals surface area contributed by atoms with E-state index in [-0.39, 0.29) is 25.2 Å². The molecule has 0 saturated heterocycles. The van der Waals surface area contributed by atoms with Crippen molar-refractivity contribution in [2.75, 3.05) is 6.61 Å². The van der Waals surface area contributed by atoms with Crippen molar-refractivity contribution < 1.29 is 14.6 Å². The number of ether oxygens (including phenoxy) is 1. The molecule has 0 saturated carbocycles. The molecule has 1 atom stereocenters. The minimum absolute atomic E-state index is 0.0884. The summed E-state index contributed by atoms with van der Waals surface area (Å²) in [6.45, 7) is 1.74. The van der Waals surface area contributed by atoms with Gasteiger partial charge in [0.25, 0.3) is 5.91 Å². The molecule has 3 aromatic carbocycles. The van der Waals surface area contributed by atoms with Crippen molar-refractivity contribution in [3.05, 3.63) is 77.9 Å². The van der Waals surface area contributed by atoms with Gasteiger partial charge in [0.2, 0.25) is 0 Å². The van der Waals surface area contributed by atoms with Crippen LogP contribution < -0.4 is 10.1 Å². The van der Waals surface area contributed by atoms with Crippen LogP contribution in [0.25, 0.3) is 10.8 Å². The third-order valence-corrected chi connectivity index (χ3v) is 4.15. The molecule has 0 heterocycles. The van der Waals surface area contributed by atoms with Gasteiger partial charge in [0.15, 0.2) is 6.61 Å². The van der Waals surface area contributed by atoms with Crippen LogP contribution in [-0.4, -0.2) is 17.6 Å². The number of carbonyl (C=O) groups excluding carboxylic acids is 1. The maximum atomic E-state index is 12.2. The molecule has 4 heteroatoms. The molecule has 2 N–H and O–H groups in total. The van der Waals surface area contributed by atoms with Crippen LogP contribution in [0.15, 0.2) is 66.7 Å². The molecule has 3 rings (SSSR count). The van der Waals surface area contributed by atoms with E-state index < -0.39 is 0 Å². The average molecular weight is 335 g/mol. The third kappa shape index (κ3) is 4.17. The second-order valence-electron chi connectivity index (χ2n) is 5.95. The SMILES string of the molecule is CC(NC(=O)COc1ccccc1CO)c1ccc2ccccc2c1. The minimum atomic E-state index is -0.201. The van der Waals surface area contributed by atoms with Gasteiger partial charge in [-0.2, -0.15) is 0 Å². The number of hydrogen-bond donors (Lipinski definition) is 2. The van der Waals surface area contributed by atoms with Crippen molar-refractivity contribution in [2.24, 2.45) is 0 Å². The lowest BCUT2D eigenvalue weighted by Crippen LogP contribution is -2.31. The highest BCUT2D eigenvalue weighted by atomic mass is 16.5. The fourth-order valence-corrected chi connectivity index (χ4v) is 2.76. The highest BCUT2D eigenvalue weighted by Gasteiger charge is 2.11. The summed E-state index contributed by atoms with van der Waals surface area (Å²) in [6, 6.07) is 21.3. The zero-order valence-corrected chi connectivity index (χ0v) is 14.1. The standard InChI is InChI=1S/C21H21NO3/c1-15(17-11-10-16-6-2-3-7-18(16)12-17)22-21(24)14-25-20-9-5-4-8-19(20)13-23/h2-12,15,23H,13-14H2,1H3,(H,22,24). The zero-order chi connectivity index (χ0) is 17.6. The van der Waals surface area contributed by atoms with E-state index in [9.17, 15) is 9.90 Å². The van der Waals surface area contributed by atoms with Crippen LogP contribution in [0.5, 0.6) is 5.75 Å². The average Bonchev–Trinajstić information content (AvgIpc) is 2.66. The van der Waals surface area contributed by atoms with E-state index >= 15 is 0 Å². The Labute approximate surface area is 147 Å². The lowest BCUT2D eigenvalue weighted by Gasteiger charge is -2.16. The van der Waals surface area contributed by atoms with Crippen LogP contribution in [0.2, 0.25) is 0 Å². The number of aliphatic hydroxyl groups excluding tert-OH is 1. The molecule has 128 valence electrons. The Morgan fingerprint density at radius 1 is 1.04 bits per heavy atom. The number of aliphatic hydroxyl groups is 1. The Morgan fingerprint density at radius 2 is 1.76 bits per heavy atom. The van der Waals surface area contributed by atoms with Crippen LogP contribution in [0, 0.1) is 0 Å². The molecule has 0 bridgehead atoms. The van der Waals surface area contributed by atoms with Crippen molar-refractivity contribution in [1.29, 1.82) is 0 Å². The molecule has 1 amide bonds. The van der Waals surface area contributed by atoms with Gasteiger partial charge in [-0.05, 0) is 35.4 Å². The second kappa shape index (κ2) is 7.81. The lowest BCUT2D eigenvalue weighted by atomic mass is 10.0. The number of fused-ring (bicyclic) bond motifs is 1. The Bertz CT molecular complexity index is 876. The summed E-state index contributed by atoms with van der Waals surface area (Å²) in [5.41, 5.74) is 1.71. The molecule has 0 fully saturated rings. The Balaban J connectivity index is 1.61. The van der Waals surface area contributed by atoms with E-state index in [1.54, 1.807) is 12.1 Å².